The van der Waals surface area contributed by atoms with Gasteiger partial charge in [0.1, 0.15) is 11.1 Å². The number of fused-ring (bicyclic) bond motifs is 1. The summed E-state index contributed by atoms with van der Waals surface area (Å²) >= 11 is 0. The zero-order chi connectivity index (χ0) is 28.5. The van der Waals surface area contributed by atoms with E-state index in [1.807, 2.05) is 71.3 Å². The topological polar surface area (TPSA) is 64.6 Å². The Kier molecular flexibility index (Phi) is 6.50. The maximum absolute atomic E-state index is 13.2. The van der Waals surface area contributed by atoms with Gasteiger partial charge >= 0.3 is 5.63 Å². The second-order valence-electron chi connectivity index (χ2n) is 9.87. The van der Waals surface area contributed by atoms with Crippen molar-refractivity contribution in [2.75, 3.05) is 0 Å². The molecule has 2 heterocycles. The average molecular weight is 565 g/mol. The van der Waals surface area contributed by atoms with Gasteiger partial charge in [-0.2, -0.15) is 0 Å². The second-order valence-corrected chi connectivity index (χ2v) is 13.2. The molecule has 0 saturated carbocycles. The number of carbonyl (C=O) groups excluding carboxylic acids is 1. The lowest BCUT2D eigenvalue weighted by molar-refractivity contribution is 0.112. The Balaban J connectivity index is 1.80. The van der Waals surface area contributed by atoms with Gasteiger partial charge < -0.3 is 4.42 Å². The number of rotatable bonds is 6. The molecule has 202 valence electrons. The van der Waals surface area contributed by atoms with Crippen molar-refractivity contribution in [2.45, 2.75) is 0 Å². The Labute approximate surface area is 242 Å². The van der Waals surface area contributed by atoms with Crippen molar-refractivity contribution in [2.24, 2.45) is 4.99 Å². The van der Waals surface area contributed by atoms with Crippen LogP contribution < -0.4 is 27.0 Å². The molecule has 5 aromatic carbocycles. The molecule has 7 rings (SSSR count). The predicted octanol–water partition coefficient (Wildman–Crippen LogP) is 6.03. The Morgan fingerprint density at radius 2 is 1.10 bits per heavy atom. The Bertz CT molecular complexity index is 2120. The van der Waals surface area contributed by atoms with E-state index in [1.54, 1.807) is 6.07 Å². The van der Waals surface area contributed by atoms with Crippen LogP contribution in [0, 0.1) is 5.07 Å². The first-order chi connectivity index (χ1) is 20.7. The van der Waals surface area contributed by atoms with Gasteiger partial charge in [-0.25, -0.2) is 9.79 Å². The maximum atomic E-state index is 13.2. The number of hydrogen-bond donors (Lipinski definition) is 0. The Hall–Kier alpha value is -5.25. The highest BCUT2D eigenvalue weighted by atomic mass is 31.2. The van der Waals surface area contributed by atoms with Crippen molar-refractivity contribution >= 4 is 45.7 Å². The standard InChI is InChI=1S/C36H25N2O3P/c39-25-31-33(30-23-13-14-24-32(30)41-36(31)40)38-34(37-26-15-5-1-6-16-26)35(38)42(27-17-7-2-8-18-27,28-19-9-3-10-20-28)29-21-11-4-12-22-29/h1-25H. The summed E-state index contributed by atoms with van der Waals surface area (Å²) in [6.07, 6.45) is 0.595. The van der Waals surface area contributed by atoms with Crippen LogP contribution in [0.2, 0.25) is 0 Å². The Morgan fingerprint density at radius 1 is 0.619 bits per heavy atom. The molecule has 7 aromatic rings. The number of hydrogen-bond acceptors (Lipinski definition) is 4. The number of aldehydes is 1. The van der Waals surface area contributed by atoms with Gasteiger partial charge in [-0.3, -0.25) is 9.36 Å². The highest BCUT2D eigenvalue weighted by molar-refractivity contribution is 7.89. The molecule has 6 heteroatoms. The van der Waals surface area contributed by atoms with Crippen LogP contribution in [0.3, 0.4) is 0 Å². The Morgan fingerprint density at radius 3 is 1.62 bits per heavy atom. The molecule has 42 heavy (non-hydrogen) atoms. The van der Waals surface area contributed by atoms with Gasteiger partial charge in [0.05, 0.1) is 16.4 Å². The molecule has 0 amide bonds. The first-order valence-corrected chi connectivity index (χ1v) is 15.4. The summed E-state index contributed by atoms with van der Waals surface area (Å²) in [5.41, 5.74) is 1.69. The van der Waals surface area contributed by atoms with Crippen molar-refractivity contribution in [1.82, 2.24) is 4.57 Å². The number of benzene rings is 5. The van der Waals surface area contributed by atoms with E-state index in [2.05, 4.69) is 72.8 Å². The fraction of sp³-hybridized carbons (Fsp3) is 0. The van der Waals surface area contributed by atoms with Crippen LogP contribution in [-0.4, -0.2) is 10.9 Å². The molecule has 0 fully saturated rings. The van der Waals surface area contributed by atoms with Gasteiger partial charge in [0.15, 0.2) is 11.8 Å². The largest absolute Gasteiger partial charge is 0.422 e. The second kappa shape index (κ2) is 10.6. The molecule has 0 N–H and O–H groups in total. The van der Waals surface area contributed by atoms with E-state index >= 15 is 0 Å². The average Bonchev–Trinajstić information content (AvgIpc) is 3.75. The smallest absolute Gasteiger partial charge is 0.349 e. The number of para-hydroxylation sites is 2. The van der Waals surface area contributed by atoms with E-state index in [9.17, 15) is 9.59 Å². The van der Waals surface area contributed by atoms with E-state index in [1.165, 1.54) is 0 Å². The predicted molar refractivity (Wildman–Crippen MR) is 170 cm³/mol. The van der Waals surface area contributed by atoms with Gasteiger partial charge in [0.25, 0.3) is 0 Å². The third kappa shape index (κ3) is 4.14. The fourth-order valence-corrected chi connectivity index (χ4v) is 10.0. The number of aromatic nitrogens is 1. The zero-order valence-electron chi connectivity index (χ0n) is 22.5. The van der Waals surface area contributed by atoms with Crippen LogP contribution in [0.25, 0.3) is 16.7 Å². The van der Waals surface area contributed by atoms with Crippen molar-refractivity contribution in [3.8, 4) is 5.69 Å². The van der Waals surface area contributed by atoms with Crippen molar-refractivity contribution in [1.29, 1.82) is 0 Å². The third-order valence-corrected chi connectivity index (χ3v) is 11.7. The molecule has 0 bridgehead atoms. The lowest BCUT2D eigenvalue weighted by Crippen LogP contribution is -2.25. The van der Waals surface area contributed by atoms with E-state index < -0.39 is 12.5 Å². The van der Waals surface area contributed by atoms with Crippen LogP contribution in [0.4, 0.5) is 5.69 Å². The molecule has 0 spiro atoms. The van der Waals surface area contributed by atoms with Crippen LogP contribution in [0.1, 0.15) is 10.4 Å². The first kappa shape index (κ1) is 25.7. The molecule has 0 atom stereocenters. The highest BCUT2D eigenvalue weighted by Gasteiger charge is 2.34. The summed E-state index contributed by atoms with van der Waals surface area (Å²) in [4.78, 5) is 30.9. The molecular weight excluding hydrogens is 539 g/mol. The fourth-order valence-electron chi connectivity index (χ4n) is 5.65. The van der Waals surface area contributed by atoms with Crippen LogP contribution in [0.15, 0.2) is 160 Å². The molecular formula is C36H25N2O3P. The quantitative estimate of drug-likeness (QED) is 0.141. The number of nitrogens with zero attached hydrogens (tertiary/aromatic N) is 2. The van der Waals surface area contributed by atoms with E-state index in [4.69, 9.17) is 9.41 Å². The summed E-state index contributed by atoms with van der Waals surface area (Å²) in [5, 5.41) is 5.05. The van der Waals surface area contributed by atoms with Crippen molar-refractivity contribution in [3.63, 3.8) is 0 Å². The molecule has 2 aromatic heterocycles. The van der Waals surface area contributed by atoms with Gasteiger partial charge in [-0.1, -0.05) is 121 Å². The van der Waals surface area contributed by atoms with Gasteiger partial charge in [-0.15, -0.1) is 0 Å². The minimum absolute atomic E-state index is 0.0308. The van der Waals surface area contributed by atoms with E-state index in [-0.39, 0.29) is 5.56 Å². The lowest BCUT2D eigenvalue weighted by Gasteiger charge is -2.26. The normalized spacial score (nSPS) is 12.1. The summed E-state index contributed by atoms with van der Waals surface area (Å²) in [7, 11) is 0. The lowest BCUT2D eigenvalue weighted by atomic mass is 10.1. The van der Waals surface area contributed by atoms with Gasteiger partial charge in [-0.05, 0) is 40.2 Å². The van der Waals surface area contributed by atoms with Crippen molar-refractivity contribution in [3.05, 3.63) is 172 Å². The van der Waals surface area contributed by atoms with Crippen LogP contribution in [-0.2, 0) is 0 Å². The van der Waals surface area contributed by atoms with Crippen molar-refractivity contribution < 1.29 is 9.21 Å². The first-order valence-electron chi connectivity index (χ1n) is 13.6. The third-order valence-electron chi connectivity index (χ3n) is 7.47. The number of carbonyl (C=O) groups is 1. The molecule has 0 radical (unpaired) electrons. The van der Waals surface area contributed by atoms with Crippen LogP contribution in [0.5, 0.6) is 0 Å². The summed E-state index contributed by atoms with van der Waals surface area (Å²) in [6.45, 7) is -2.59. The highest BCUT2D eigenvalue weighted by Crippen LogP contribution is 2.49. The molecule has 0 aliphatic heterocycles. The molecule has 0 aliphatic carbocycles. The summed E-state index contributed by atoms with van der Waals surface area (Å²) in [5.74, 6) is 0. The van der Waals surface area contributed by atoms with Crippen LogP contribution >= 0.6 is 6.89 Å². The summed E-state index contributed by atoms with van der Waals surface area (Å²) in [6, 6.07) is 48.4. The zero-order valence-corrected chi connectivity index (χ0v) is 23.4. The van der Waals surface area contributed by atoms with E-state index in [0.29, 0.717) is 28.4 Å². The minimum Gasteiger partial charge on any atom is -0.422 e. The SMILES string of the molecule is O=Cc1c(-n2c(=Nc3ccccc3)c2=P(c2ccccc2)(c2ccccc2)c2ccccc2)c2ccccc2oc1=O. The van der Waals surface area contributed by atoms with E-state index in [0.717, 1.165) is 26.7 Å². The molecule has 0 unspecified atom stereocenters. The molecule has 5 nitrogen and oxygen atoms in total. The summed E-state index contributed by atoms with van der Waals surface area (Å²) < 4.78 is 7.59. The maximum Gasteiger partial charge on any atom is 0.349 e. The molecule has 0 aliphatic rings. The monoisotopic (exact) mass is 564 g/mol. The molecule has 0 saturated heterocycles. The van der Waals surface area contributed by atoms with Gasteiger partial charge in [0.2, 0.25) is 0 Å². The van der Waals surface area contributed by atoms with Gasteiger partial charge in [0, 0.05) is 12.3 Å². The minimum atomic E-state index is -2.59.